The molecule has 1 unspecified atom stereocenters. The first-order valence-electron chi connectivity index (χ1n) is 11.8. The van der Waals surface area contributed by atoms with E-state index in [-0.39, 0.29) is 29.6 Å². The van der Waals surface area contributed by atoms with Gasteiger partial charge < -0.3 is 15.7 Å². The highest BCUT2D eigenvalue weighted by atomic mass is 32.2. The van der Waals surface area contributed by atoms with Crippen LogP contribution in [-0.2, 0) is 29.7 Å². The van der Waals surface area contributed by atoms with Crippen LogP contribution >= 0.6 is 0 Å². The number of carbonyl (C=O) groups is 2. The van der Waals surface area contributed by atoms with Crippen molar-refractivity contribution in [2.24, 2.45) is 11.8 Å². The Kier molecular flexibility index (Phi) is 9.27. The molecular formula is C22H33N3O8S2. The highest BCUT2D eigenvalue weighted by molar-refractivity contribution is 7.89. The van der Waals surface area contributed by atoms with Gasteiger partial charge in [-0.15, -0.1) is 0 Å². The SMILES string of the molecule is O=C1NCC[C@H]1C[C@H](NC(=O)[C@H](CC1CCCCC1)NS(=O)(=O)c1ccccc1)C(O)S(=O)(=O)O. The average Bonchev–Trinajstić information content (AvgIpc) is 3.22. The van der Waals surface area contributed by atoms with E-state index in [9.17, 15) is 36.1 Å². The molecule has 3 rings (SSSR count). The summed E-state index contributed by atoms with van der Waals surface area (Å²) in [5.74, 6) is -1.77. The van der Waals surface area contributed by atoms with Crippen LogP contribution in [0.25, 0.3) is 0 Å². The first-order valence-corrected chi connectivity index (χ1v) is 14.8. The predicted octanol–water partition coefficient (Wildman–Crippen LogP) is 0.521. The van der Waals surface area contributed by atoms with Crippen molar-refractivity contribution < 1.29 is 36.1 Å². The van der Waals surface area contributed by atoms with Crippen molar-refractivity contribution in [3.63, 3.8) is 0 Å². The lowest BCUT2D eigenvalue weighted by atomic mass is 9.85. The van der Waals surface area contributed by atoms with E-state index in [1.54, 1.807) is 18.2 Å². The maximum absolute atomic E-state index is 13.3. The lowest BCUT2D eigenvalue weighted by molar-refractivity contribution is -0.126. The number of nitrogens with one attached hydrogen (secondary N) is 3. The second-order valence-corrected chi connectivity index (χ2v) is 12.5. The molecule has 2 amide bonds. The van der Waals surface area contributed by atoms with Gasteiger partial charge in [-0.1, -0.05) is 50.3 Å². The highest BCUT2D eigenvalue weighted by Gasteiger charge is 2.38. The Labute approximate surface area is 205 Å². The van der Waals surface area contributed by atoms with Gasteiger partial charge in [0.2, 0.25) is 27.3 Å². The summed E-state index contributed by atoms with van der Waals surface area (Å²) in [7, 11) is -9.04. The van der Waals surface area contributed by atoms with Crippen LogP contribution in [0.3, 0.4) is 0 Å². The Morgan fingerprint density at radius 2 is 1.69 bits per heavy atom. The average molecular weight is 532 g/mol. The summed E-state index contributed by atoms with van der Waals surface area (Å²) in [5.41, 5.74) is -2.37. The first kappa shape index (κ1) is 27.5. The molecule has 1 aliphatic carbocycles. The second-order valence-electron chi connectivity index (χ2n) is 9.26. The maximum atomic E-state index is 13.3. The molecule has 1 saturated heterocycles. The summed E-state index contributed by atoms with van der Waals surface area (Å²) in [6.45, 7) is 0.368. The number of aliphatic hydroxyl groups excluding tert-OH is 1. The van der Waals surface area contributed by atoms with E-state index in [1.165, 1.54) is 12.1 Å². The van der Waals surface area contributed by atoms with E-state index in [4.69, 9.17) is 0 Å². The van der Waals surface area contributed by atoms with Gasteiger partial charge in [-0.3, -0.25) is 14.1 Å². The number of hydrogen-bond acceptors (Lipinski definition) is 7. The Morgan fingerprint density at radius 1 is 1.03 bits per heavy atom. The third-order valence-electron chi connectivity index (χ3n) is 6.64. The molecule has 196 valence electrons. The third kappa shape index (κ3) is 7.71. The molecule has 1 heterocycles. The van der Waals surface area contributed by atoms with Crippen molar-refractivity contribution in [1.29, 1.82) is 0 Å². The van der Waals surface area contributed by atoms with Gasteiger partial charge in [-0.25, -0.2) is 8.42 Å². The zero-order valence-electron chi connectivity index (χ0n) is 19.3. The van der Waals surface area contributed by atoms with Crippen LogP contribution in [0.2, 0.25) is 0 Å². The number of aliphatic hydroxyl groups is 1. The maximum Gasteiger partial charge on any atom is 0.294 e. The van der Waals surface area contributed by atoms with Crippen molar-refractivity contribution >= 4 is 32.0 Å². The van der Waals surface area contributed by atoms with Crippen LogP contribution < -0.4 is 15.4 Å². The first-order chi connectivity index (χ1) is 16.5. The fourth-order valence-corrected chi connectivity index (χ4v) is 6.56. The van der Waals surface area contributed by atoms with Gasteiger partial charge >= 0.3 is 0 Å². The Hall–Kier alpha value is -2.06. The van der Waals surface area contributed by atoms with Gasteiger partial charge in [-0.2, -0.15) is 13.1 Å². The molecule has 5 N–H and O–H groups in total. The molecule has 0 spiro atoms. The fourth-order valence-electron chi connectivity index (χ4n) is 4.73. The number of sulfonamides is 1. The smallest absolute Gasteiger partial charge is 0.294 e. The topological polar surface area (TPSA) is 179 Å². The standard InChI is InChI=1S/C22H33N3O8S2/c26-20-16(11-12-23-20)14-19(22(28)35(31,32)33)24-21(27)18(13-15-7-3-1-4-8-15)25-34(29,30)17-9-5-2-6-10-17/h2,5-6,9-10,15-16,18-19,22,25,28H,1,3-4,7-8,11-14H2,(H,23,26)(H,24,27)(H,31,32,33)/t16-,18-,19-,22?/m0/s1. The van der Waals surface area contributed by atoms with Gasteiger partial charge in [0.05, 0.1) is 10.9 Å². The molecule has 11 nitrogen and oxygen atoms in total. The van der Waals surface area contributed by atoms with Crippen LogP contribution in [0.1, 0.15) is 51.4 Å². The number of amides is 2. The van der Waals surface area contributed by atoms with Gasteiger partial charge in [0.1, 0.15) is 6.04 Å². The monoisotopic (exact) mass is 531 g/mol. The molecule has 4 atom stereocenters. The summed E-state index contributed by atoms with van der Waals surface area (Å²) in [6.07, 6.45) is 4.98. The minimum absolute atomic E-state index is 0.0291. The third-order valence-corrected chi connectivity index (χ3v) is 9.07. The molecule has 2 aliphatic rings. The summed E-state index contributed by atoms with van der Waals surface area (Å²) < 4.78 is 61.1. The van der Waals surface area contributed by atoms with E-state index in [0.29, 0.717) is 13.0 Å². The second kappa shape index (κ2) is 11.8. The molecule has 13 heteroatoms. The molecule has 1 aromatic rings. The lowest BCUT2D eigenvalue weighted by Gasteiger charge is -2.29. The van der Waals surface area contributed by atoms with Crippen molar-refractivity contribution in [2.45, 2.75) is 73.8 Å². The van der Waals surface area contributed by atoms with E-state index >= 15 is 0 Å². The zero-order chi connectivity index (χ0) is 25.6. The number of carbonyl (C=O) groups excluding carboxylic acids is 2. The van der Waals surface area contributed by atoms with E-state index in [0.717, 1.165) is 32.1 Å². The molecule has 1 aromatic carbocycles. The van der Waals surface area contributed by atoms with Crippen LogP contribution in [0.4, 0.5) is 0 Å². The van der Waals surface area contributed by atoms with Crippen molar-refractivity contribution in [3.8, 4) is 0 Å². The number of benzene rings is 1. The van der Waals surface area contributed by atoms with Crippen molar-refractivity contribution in [2.75, 3.05) is 6.54 Å². The summed E-state index contributed by atoms with van der Waals surface area (Å²) in [6, 6.07) is 4.79. The van der Waals surface area contributed by atoms with Crippen molar-refractivity contribution in [1.82, 2.24) is 15.4 Å². The Balaban J connectivity index is 1.83. The normalized spacial score (nSPS) is 22.2. The number of hydrogen-bond donors (Lipinski definition) is 5. The minimum Gasteiger partial charge on any atom is -0.374 e. The summed E-state index contributed by atoms with van der Waals surface area (Å²) in [4.78, 5) is 25.3. The highest BCUT2D eigenvalue weighted by Crippen LogP contribution is 2.28. The molecule has 1 aliphatic heterocycles. The van der Waals surface area contributed by atoms with Crippen LogP contribution in [0, 0.1) is 11.8 Å². The molecule has 2 fully saturated rings. The molecule has 0 bridgehead atoms. The van der Waals surface area contributed by atoms with E-state index in [2.05, 4.69) is 15.4 Å². The van der Waals surface area contributed by atoms with Crippen LogP contribution in [0.5, 0.6) is 0 Å². The summed E-state index contributed by atoms with van der Waals surface area (Å²) >= 11 is 0. The van der Waals surface area contributed by atoms with Gasteiger partial charge in [0.15, 0.2) is 0 Å². The fraction of sp³-hybridized carbons (Fsp3) is 0.636. The molecule has 0 radical (unpaired) electrons. The molecule has 1 saturated carbocycles. The zero-order valence-corrected chi connectivity index (χ0v) is 20.9. The van der Waals surface area contributed by atoms with E-state index in [1.807, 2.05) is 0 Å². The number of rotatable bonds is 11. The Morgan fingerprint density at radius 3 is 2.26 bits per heavy atom. The molecule has 35 heavy (non-hydrogen) atoms. The largest absolute Gasteiger partial charge is 0.374 e. The van der Waals surface area contributed by atoms with Crippen molar-refractivity contribution in [3.05, 3.63) is 30.3 Å². The van der Waals surface area contributed by atoms with Gasteiger partial charge in [0, 0.05) is 12.5 Å². The molecular weight excluding hydrogens is 498 g/mol. The van der Waals surface area contributed by atoms with Gasteiger partial charge in [0.25, 0.3) is 10.1 Å². The van der Waals surface area contributed by atoms with E-state index < -0.39 is 49.5 Å². The minimum atomic E-state index is -4.97. The van der Waals surface area contributed by atoms with Crippen LogP contribution in [0.15, 0.2) is 35.2 Å². The predicted molar refractivity (Wildman–Crippen MR) is 127 cm³/mol. The lowest BCUT2D eigenvalue weighted by Crippen LogP contribution is -2.55. The summed E-state index contributed by atoms with van der Waals surface area (Å²) in [5, 5.41) is 15.2. The molecule has 0 aromatic heterocycles. The van der Waals surface area contributed by atoms with Gasteiger partial charge in [-0.05, 0) is 37.3 Å². The van der Waals surface area contributed by atoms with Crippen LogP contribution in [-0.4, -0.2) is 62.4 Å². The quantitative estimate of drug-likeness (QED) is 0.256. The Bertz CT molecular complexity index is 1090.